The molecule has 0 amide bonds. The molecule has 0 aliphatic carbocycles. The van der Waals surface area contributed by atoms with Gasteiger partial charge in [0, 0.05) is 10.4 Å². The molecule has 2 aromatic rings. The third-order valence-corrected chi connectivity index (χ3v) is 3.38. The van der Waals surface area contributed by atoms with Gasteiger partial charge < -0.3 is 10.8 Å². The van der Waals surface area contributed by atoms with Crippen molar-refractivity contribution in [2.75, 3.05) is 0 Å². The van der Waals surface area contributed by atoms with Crippen molar-refractivity contribution in [2.45, 2.75) is 13.0 Å². The van der Waals surface area contributed by atoms with E-state index < -0.39 is 11.9 Å². The van der Waals surface area contributed by atoms with Crippen LogP contribution in [0.15, 0.2) is 29.6 Å². The van der Waals surface area contributed by atoms with Gasteiger partial charge in [0.1, 0.15) is 0 Å². The number of benzene rings is 1. The van der Waals surface area contributed by atoms with E-state index in [4.69, 9.17) is 5.73 Å². The fourth-order valence-electron chi connectivity index (χ4n) is 1.62. The number of rotatable bonds is 2. The molecule has 1 aromatic carbocycles. The summed E-state index contributed by atoms with van der Waals surface area (Å²) in [7, 11) is 0. The predicted octanol–water partition coefficient (Wildman–Crippen LogP) is 3.37. The van der Waals surface area contributed by atoms with Crippen LogP contribution in [0.4, 0.5) is 4.39 Å². The molecule has 0 spiro atoms. The molecule has 0 fully saturated rings. The molecule has 0 radical (unpaired) electrons. The van der Waals surface area contributed by atoms with Crippen LogP contribution in [-0.4, -0.2) is 5.11 Å². The maximum absolute atomic E-state index is 13.3. The quantitative estimate of drug-likeness (QED) is 0.881. The van der Waals surface area contributed by atoms with Crippen molar-refractivity contribution in [2.24, 2.45) is 5.73 Å². The van der Waals surface area contributed by atoms with Crippen molar-refractivity contribution in [3.05, 3.63) is 51.5 Å². The molecule has 0 bridgehead atoms. The lowest BCUT2D eigenvalue weighted by atomic mass is 10.0. The Balaban J connectivity index is 0.00000144. The first kappa shape index (κ1) is 14.0. The third-order valence-electron chi connectivity index (χ3n) is 2.42. The molecule has 1 aromatic heterocycles. The van der Waals surface area contributed by atoms with Gasteiger partial charge in [-0.15, -0.1) is 23.7 Å². The number of phenols is 1. The molecule has 2 nitrogen and oxygen atoms in total. The Labute approximate surface area is 109 Å². The van der Waals surface area contributed by atoms with Crippen LogP contribution in [0.5, 0.6) is 5.75 Å². The van der Waals surface area contributed by atoms with Gasteiger partial charge in [-0.3, -0.25) is 0 Å². The van der Waals surface area contributed by atoms with Crippen LogP contribution in [0.2, 0.25) is 0 Å². The molecule has 17 heavy (non-hydrogen) atoms. The number of halogens is 2. The molecule has 1 heterocycles. The van der Waals surface area contributed by atoms with E-state index in [0.29, 0.717) is 5.56 Å². The SMILES string of the molecule is Cc1cc(F)c(O)c([C@H](N)c2cccs2)c1.Cl. The van der Waals surface area contributed by atoms with Crippen molar-refractivity contribution in [3.63, 3.8) is 0 Å². The van der Waals surface area contributed by atoms with Crippen LogP contribution in [0.3, 0.4) is 0 Å². The summed E-state index contributed by atoms with van der Waals surface area (Å²) in [5, 5.41) is 11.5. The molecule has 3 N–H and O–H groups in total. The number of aromatic hydroxyl groups is 1. The minimum absolute atomic E-state index is 0. The van der Waals surface area contributed by atoms with Crippen molar-refractivity contribution < 1.29 is 9.50 Å². The van der Waals surface area contributed by atoms with Crippen molar-refractivity contribution in [1.29, 1.82) is 0 Å². The molecule has 0 aliphatic rings. The number of hydrogen-bond acceptors (Lipinski definition) is 3. The summed E-state index contributed by atoms with van der Waals surface area (Å²) in [6, 6.07) is 6.27. The summed E-state index contributed by atoms with van der Waals surface area (Å²) in [4.78, 5) is 0.903. The Hall–Kier alpha value is -1.10. The summed E-state index contributed by atoms with van der Waals surface area (Å²) in [5.74, 6) is -0.978. The monoisotopic (exact) mass is 273 g/mol. The van der Waals surface area contributed by atoms with Crippen molar-refractivity contribution in [1.82, 2.24) is 0 Å². The zero-order chi connectivity index (χ0) is 11.7. The fourth-order valence-corrected chi connectivity index (χ4v) is 2.36. The topological polar surface area (TPSA) is 46.2 Å². The maximum Gasteiger partial charge on any atom is 0.165 e. The van der Waals surface area contributed by atoms with Gasteiger partial charge in [-0.2, -0.15) is 0 Å². The molecule has 0 saturated heterocycles. The van der Waals surface area contributed by atoms with E-state index >= 15 is 0 Å². The summed E-state index contributed by atoms with van der Waals surface area (Å²) >= 11 is 1.49. The minimum Gasteiger partial charge on any atom is -0.505 e. The molecule has 0 saturated carbocycles. The standard InChI is InChI=1S/C12H12FNOS.ClH/c1-7-5-8(12(15)9(13)6-7)11(14)10-3-2-4-16-10;/h2-6,11,15H,14H2,1H3;1H/t11-;/m0./s1. The lowest BCUT2D eigenvalue weighted by Crippen LogP contribution is -2.11. The van der Waals surface area contributed by atoms with E-state index in [2.05, 4.69) is 0 Å². The van der Waals surface area contributed by atoms with Gasteiger partial charge in [-0.25, -0.2) is 4.39 Å². The van der Waals surface area contributed by atoms with Crippen LogP contribution >= 0.6 is 23.7 Å². The maximum atomic E-state index is 13.3. The average molecular weight is 274 g/mol. The van der Waals surface area contributed by atoms with Crippen LogP contribution in [0.25, 0.3) is 0 Å². The lowest BCUT2D eigenvalue weighted by Gasteiger charge is -2.13. The van der Waals surface area contributed by atoms with Gasteiger partial charge in [0.05, 0.1) is 6.04 Å². The number of nitrogens with two attached hydrogens (primary N) is 1. The van der Waals surface area contributed by atoms with Crippen molar-refractivity contribution in [3.8, 4) is 5.75 Å². The minimum atomic E-state index is -0.623. The molecular weight excluding hydrogens is 261 g/mol. The van der Waals surface area contributed by atoms with E-state index in [1.54, 1.807) is 13.0 Å². The van der Waals surface area contributed by atoms with Gasteiger partial charge in [0.2, 0.25) is 0 Å². The number of thiophene rings is 1. The Morgan fingerprint density at radius 2 is 2.12 bits per heavy atom. The summed E-state index contributed by atoms with van der Waals surface area (Å²) in [6.45, 7) is 1.77. The Kier molecular flexibility index (Phi) is 4.51. The zero-order valence-corrected chi connectivity index (χ0v) is 10.8. The van der Waals surface area contributed by atoms with E-state index in [1.165, 1.54) is 17.4 Å². The summed E-state index contributed by atoms with van der Waals surface area (Å²) in [6.07, 6.45) is 0. The summed E-state index contributed by atoms with van der Waals surface area (Å²) < 4.78 is 13.3. The van der Waals surface area contributed by atoms with Crippen LogP contribution in [0.1, 0.15) is 22.0 Å². The highest BCUT2D eigenvalue weighted by Gasteiger charge is 2.17. The highest BCUT2D eigenvalue weighted by molar-refractivity contribution is 7.10. The fraction of sp³-hybridized carbons (Fsp3) is 0.167. The Bertz CT molecular complexity index is 501. The molecule has 1 atom stereocenters. The van der Waals surface area contributed by atoms with Gasteiger partial charge in [-0.05, 0) is 30.0 Å². The normalized spacial score (nSPS) is 11.9. The molecular formula is C12H13ClFNOS. The number of hydrogen-bond donors (Lipinski definition) is 2. The first-order chi connectivity index (χ1) is 7.59. The van der Waals surface area contributed by atoms with Gasteiger partial charge in [0.25, 0.3) is 0 Å². The second-order valence-electron chi connectivity index (χ2n) is 3.68. The largest absolute Gasteiger partial charge is 0.505 e. The first-order valence-corrected chi connectivity index (χ1v) is 5.75. The van der Waals surface area contributed by atoms with Crippen LogP contribution < -0.4 is 5.73 Å². The molecule has 0 aliphatic heterocycles. The average Bonchev–Trinajstić information content (AvgIpc) is 2.75. The Morgan fingerprint density at radius 3 is 2.71 bits per heavy atom. The first-order valence-electron chi connectivity index (χ1n) is 4.87. The van der Waals surface area contributed by atoms with Crippen molar-refractivity contribution >= 4 is 23.7 Å². The van der Waals surface area contributed by atoms with E-state index in [-0.39, 0.29) is 18.2 Å². The highest BCUT2D eigenvalue weighted by Crippen LogP contribution is 2.32. The zero-order valence-electron chi connectivity index (χ0n) is 9.18. The molecule has 0 unspecified atom stereocenters. The number of phenolic OH excluding ortho intramolecular Hbond substituents is 1. The van der Waals surface area contributed by atoms with Gasteiger partial charge >= 0.3 is 0 Å². The molecule has 92 valence electrons. The van der Waals surface area contributed by atoms with E-state index in [9.17, 15) is 9.50 Å². The Morgan fingerprint density at radius 1 is 1.41 bits per heavy atom. The van der Waals surface area contributed by atoms with Crippen LogP contribution in [-0.2, 0) is 0 Å². The molecule has 2 rings (SSSR count). The van der Waals surface area contributed by atoms with Gasteiger partial charge in [-0.1, -0.05) is 12.1 Å². The third kappa shape index (κ3) is 2.77. The summed E-state index contributed by atoms with van der Waals surface area (Å²) in [5.41, 5.74) is 7.16. The second kappa shape index (κ2) is 5.49. The second-order valence-corrected chi connectivity index (χ2v) is 4.66. The predicted molar refractivity (Wildman–Crippen MR) is 70.4 cm³/mol. The van der Waals surface area contributed by atoms with Gasteiger partial charge in [0.15, 0.2) is 11.6 Å². The molecule has 5 heteroatoms. The lowest BCUT2D eigenvalue weighted by molar-refractivity contribution is 0.423. The van der Waals surface area contributed by atoms with E-state index in [1.807, 2.05) is 17.5 Å². The highest BCUT2D eigenvalue weighted by atomic mass is 35.5. The number of aryl methyl sites for hydroxylation is 1. The smallest absolute Gasteiger partial charge is 0.165 e. The van der Waals surface area contributed by atoms with E-state index in [0.717, 1.165) is 10.4 Å². The van der Waals surface area contributed by atoms with Crippen LogP contribution in [0, 0.1) is 12.7 Å².